The summed E-state index contributed by atoms with van der Waals surface area (Å²) in [6.45, 7) is 3.30. The molecule has 2 rings (SSSR count). The normalized spacial score (nSPS) is 17.7. The van der Waals surface area contributed by atoms with Gasteiger partial charge < -0.3 is 5.32 Å². The molecule has 0 heterocycles. The zero-order valence-electron chi connectivity index (χ0n) is 9.17. The highest BCUT2D eigenvalue weighted by molar-refractivity contribution is 14.1. The van der Waals surface area contributed by atoms with E-state index in [0.29, 0.717) is 6.04 Å². The minimum atomic E-state index is 0.664. The maximum Gasteiger partial charge on any atom is 0.0207 e. The molecule has 1 aliphatic carbocycles. The van der Waals surface area contributed by atoms with Gasteiger partial charge in [0.05, 0.1) is 0 Å². The van der Waals surface area contributed by atoms with Crippen molar-refractivity contribution < 1.29 is 0 Å². The van der Waals surface area contributed by atoms with Crippen LogP contribution in [0.15, 0.2) is 24.3 Å². The molecule has 1 saturated carbocycles. The first-order chi connectivity index (χ1) is 7.24. The van der Waals surface area contributed by atoms with E-state index in [1.54, 1.807) is 0 Å². The Balaban J connectivity index is 1.74. The van der Waals surface area contributed by atoms with Gasteiger partial charge in [0, 0.05) is 16.2 Å². The van der Waals surface area contributed by atoms with Crippen LogP contribution in [0.5, 0.6) is 0 Å². The Morgan fingerprint density at radius 2 is 2.00 bits per heavy atom. The lowest BCUT2D eigenvalue weighted by atomic mass is 10.1. The van der Waals surface area contributed by atoms with E-state index in [9.17, 15) is 0 Å². The van der Waals surface area contributed by atoms with E-state index in [1.807, 2.05) is 0 Å². The molecular formula is C13H18IN. The van der Waals surface area contributed by atoms with Crippen LogP contribution in [0.3, 0.4) is 0 Å². The van der Waals surface area contributed by atoms with Crippen molar-refractivity contribution in [2.75, 3.05) is 0 Å². The molecular weight excluding hydrogens is 297 g/mol. The fourth-order valence-corrected chi connectivity index (χ4v) is 2.19. The van der Waals surface area contributed by atoms with E-state index >= 15 is 0 Å². The number of benzene rings is 1. The van der Waals surface area contributed by atoms with Crippen LogP contribution in [0.25, 0.3) is 0 Å². The van der Waals surface area contributed by atoms with Gasteiger partial charge in [0.25, 0.3) is 0 Å². The van der Waals surface area contributed by atoms with Crippen molar-refractivity contribution >= 4 is 22.6 Å². The van der Waals surface area contributed by atoms with Crippen molar-refractivity contribution in [3.05, 3.63) is 33.4 Å². The number of nitrogens with one attached hydrogen (secondary N) is 1. The summed E-state index contributed by atoms with van der Waals surface area (Å²) >= 11 is 2.34. The third kappa shape index (κ3) is 4.11. The first kappa shape index (κ1) is 11.4. The largest absolute Gasteiger partial charge is 0.310 e. The van der Waals surface area contributed by atoms with Gasteiger partial charge in [0.1, 0.15) is 0 Å². The van der Waals surface area contributed by atoms with E-state index in [1.165, 1.54) is 28.4 Å². The number of halogens is 1. The summed E-state index contributed by atoms with van der Waals surface area (Å²) in [4.78, 5) is 0. The van der Waals surface area contributed by atoms with Gasteiger partial charge in [-0.15, -0.1) is 0 Å². The average molecular weight is 315 g/mol. The van der Waals surface area contributed by atoms with Crippen LogP contribution in [0.4, 0.5) is 0 Å². The van der Waals surface area contributed by atoms with E-state index in [0.717, 1.165) is 12.5 Å². The summed E-state index contributed by atoms with van der Waals surface area (Å²) in [7, 11) is 0. The predicted molar refractivity (Wildman–Crippen MR) is 72.8 cm³/mol. The zero-order valence-corrected chi connectivity index (χ0v) is 11.3. The van der Waals surface area contributed by atoms with Gasteiger partial charge in [-0.2, -0.15) is 0 Å². The topological polar surface area (TPSA) is 12.0 Å². The Morgan fingerprint density at radius 1 is 1.33 bits per heavy atom. The molecule has 0 radical (unpaired) electrons. The molecule has 0 bridgehead atoms. The Kier molecular flexibility index (Phi) is 4.03. The van der Waals surface area contributed by atoms with Crippen LogP contribution < -0.4 is 5.32 Å². The molecule has 1 aromatic carbocycles. The van der Waals surface area contributed by atoms with Gasteiger partial charge in [0.2, 0.25) is 0 Å². The van der Waals surface area contributed by atoms with Gasteiger partial charge in [0.15, 0.2) is 0 Å². The van der Waals surface area contributed by atoms with Crippen molar-refractivity contribution in [3.63, 3.8) is 0 Å². The van der Waals surface area contributed by atoms with Gasteiger partial charge in [-0.25, -0.2) is 0 Å². The third-order valence-corrected chi connectivity index (χ3v) is 3.67. The van der Waals surface area contributed by atoms with Gasteiger partial charge in [-0.3, -0.25) is 0 Å². The van der Waals surface area contributed by atoms with Gasteiger partial charge in [-0.05, 0) is 59.5 Å². The van der Waals surface area contributed by atoms with Gasteiger partial charge in [-0.1, -0.05) is 25.0 Å². The number of hydrogen-bond acceptors (Lipinski definition) is 1. The van der Waals surface area contributed by atoms with Crippen LogP contribution in [0.1, 0.15) is 31.7 Å². The van der Waals surface area contributed by atoms with Crippen molar-refractivity contribution in [2.24, 2.45) is 5.92 Å². The van der Waals surface area contributed by atoms with Crippen molar-refractivity contribution in [1.29, 1.82) is 0 Å². The summed E-state index contributed by atoms with van der Waals surface area (Å²) < 4.78 is 1.31. The Hall–Kier alpha value is -0.0900. The minimum Gasteiger partial charge on any atom is -0.310 e. The molecule has 0 saturated heterocycles. The number of hydrogen-bond donors (Lipinski definition) is 1. The van der Waals surface area contributed by atoms with E-state index in [4.69, 9.17) is 0 Å². The second kappa shape index (κ2) is 5.30. The summed E-state index contributed by atoms with van der Waals surface area (Å²) in [5.41, 5.74) is 1.39. The van der Waals surface area contributed by atoms with Crippen molar-refractivity contribution in [1.82, 2.24) is 5.32 Å². The molecule has 0 aliphatic heterocycles. The first-order valence-corrected chi connectivity index (χ1v) is 6.80. The fraction of sp³-hybridized carbons (Fsp3) is 0.538. The van der Waals surface area contributed by atoms with Crippen LogP contribution in [-0.2, 0) is 6.54 Å². The van der Waals surface area contributed by atoms with Crippen molar-refractivity contribution in [3.8, 4) is 0 Å². The fourth-order valence-electron chi connectivity index (χ4n) is 1.83. The minimum absolute atomic E-state index is 0.664. The highest BCUT2D eigenvalue weighted by Gasteiger charge is 2.23. The third-order valence-electron chi connectivity index (χ3n) is 2.95. The summed E-state index contributed by atoms with van der Waals surface area (Å²) in [5.74, 6) is 1.02. The summed E-state index contributed by atoms with van der Waals surface area (Å²) in [5, 5.41) is 3.59. The molecule has 1 fully saturated rings. The maximum absolute atomic E-state index is 3.59. The SMILES string of the molecule is CC(CC1CC1)NCc1ccc(I)cc1. The summed E-state index contributed by atoms with van der Waals surface area (Å²) in [6, 6.07) is 9.42. The lowest BCUT2D eigenvalue weighted by Crippen LogP contribution is -2.25. The average Bonchev–Trinajstić information content (AvgIpc) is 3.01. The molecule has 1 nitrogen and oxygen atoms in total. The van der Waals surface area contributed by atoms with E-state index in [-0.39, 0.29) is 0 Å². The Bertz CT molecular complexity index is 303. The predicted octanol–water partition coefficient (Wildman–Crippen LogP) is 3.57. The lowest BCUT2D eigenvalue weighted by Gasteiger charge is -2.13. The first-order valence-electron chi connectivity index (χ1n) is 5.72. The second-order valence-electron chi connectivity index (χ2n) is 4.59. The monoisotopic (exact) mass is 315 g/mol. The Labute approximate surface area is 106 Å². The molecule has 0 aromatic heterocycles. The van der Waals surface area contributed by atoms with Gasteiger partial charge >= 0.3 is 0 Å². The molecule has 1 aliphatic rings. The molecule has 1 unspecified atom stereocenters. The van der Waals surface area contributed by atoms with Crippen LogP contribution in [0.2, 0.25) is 0 Å². The lowest BCUT2D eigenvalue weighted by molar-refractivity contribution is 0.487. The molecule has 0 spiro atoms. The molecule has 1 aromatic rings. The molecule has 0 amide bonds. The quantitative estimate of drug-likeness (QED) is 0.819. The summed E-state index contributed by atoms with van der Waals surface area (Å²) in [6.07, 6.45) is 4.26. The molecule has 15 heavy (non-hydrogen) atoms. The molecule has 2 heteroatoms. The highest BCUT2D eigenvalue weighted by atomic mass is 127. The van der Waals surface area contributed by atoms with Crippen molar-refractivity contribution in [2.45, 2.75) is 38.8 Å². The molecule has 82 valence electrons. The van der Waals surface area contributed by atoms with Crippen LogP contribution in [-0.4, -0.2) is 6.04 Å². The molecule has 1 atom stereocenters. The number of rotatable bonds is 5. The van der Waals surface area contributed by atoms with E-state index in [2.05, 4.69) is 59.1 Å². The van der Waals surface area contributed by atoms with Crippen LogP contribution >= 0.6 is 22.6 Å². The smallest absolute Gasteiger partial charge is 0.0207 e. The molecule has 1 N–H and O–H groups in total. The maximum atomic E-state index is 3.59. The highest BCUT2D eigenvalue weighted by Crippen LogP contribution is 2.33. The van der Waals surface area contributed by atoms with Crippen LogP contribution in [0, 0.1) is 9.49 Å². The van der Waals surface area contributed by atoms with E-state index < -0.39 is 0 Å². The standard InChI is InChI=1S/C13H18IN/c1-10(8-11-2-3-11)15-9-12-4-6-13(14)7-5-12/h4-7,10-11,15H,2-3,8-9H2,1H3. The Morgan fingerprint density at radius 3 is 2.60 bits per heavy atom. The second-order valence-corrected chi connectivity index (χ2v) is 5.83. The zero-order chi connectivity index (χ0) is 10.7.